The first-order chi connectivity index (χ1) is 12.9. The van der Waals surface area contributed by atoms with Crippen molar-refractivity contribution in [3.8, 4) is 0 Å². The van der Waals surface area contributed by atoms with Crippen LogP contribution in [0.1, 0.15) is 51.2 Å². The van der Waals surface area contributed by atoms with Gasteiger partial charge in [-0.1, -0.05) is 26.8 Å². The second kappa shape index (κ2) is 9.77. The molecule has 0 aromatic heterocycles. The number of benzene rings is 1. The standard InChI is InChI=1S/C20H28N4O4/c1-12-6-7-14(10-13(12)2)22-17(26)9-8-15(11-16(25)20(3,4)5)23-24-19(28)18(21)27/h6-7,10H,8-9,11H2,1-5H3,(H2,21,27)(H,22,26)(H,24,28)/b23-15+. The molecule has 1 rings (SSSR count). The number of ketones is 1. The van der Waals surface area contributed by atoms with Crippen LogP contribution in [0.4, 0.5) is 5.69 Å². The number of nitrogens with two attached hydrogens (primary N) is 1. The smallest absolute Gasteiger partial charge is 0.329 e. The third-order valence-electron chi connectivity index (χ3n) is 4.17. The SMILES string of the molecule is Cc1ccc(NC(=O)CC/C(CC(=O)C(C)(C)C)=N\NC(=O)C(N)=O)cc1C. The predicted octanol–water partition coefficient (Wildman–Crippen LogP) is 1.98. The maximum absolute atomic E-state index is 12.3. The molecule has 28 heavy (non-hydrogen) atoms. The van der Waals surface area contributed by atoms with Crippen LogP contribution in [-0.2, 0) is 19.2 Å². The minimum absolute atomic E-state index is 0.0422. The highest BCUT2D eigenvalue weighted by atomic mass is 16.2. The Bertz CT molecular complexity index is 807. The summed E-state index contributed by atoms with van der Waals surface area (Å²) >= 11 is 0. The van der Waals surface area contributed by atoms with Crippen molar-refractivity contribution in [3.05, 3.63) is 29.3 Å². The zero-order chi connectivity index (χ0) is 21.5. The Morgan fingerprint density at radius 1 is 1.04 bits per heavy atom. The van der Waals surface area contributed by atoms with Gasteiger partial charge in [0.25, 0.3) is 0 Å². The Balaban J connectivity index is 2.78. The second-order valence-corrected chi connectivity index (χ2v) is 7.68. The third-order valence-corrected chi connectivity index (χ3v) is 4.17. The quantitative estimate of drug-likeness (QED) is 0.374. The van der Waals surface area contributed by atoms with Gasteiger partial charge in [0.1, 0.15) is 5.78 Å². The van der Waals surface area contributed by atoms with E-state index in [1.807, 2.05) is 37.5 Å². The Morgan fingerprint density at radius 2 is 1.68 bits per heavy atom. The molecule has 0 aliphatic heterocycles. The minimum Gasteiger partial charge on any atom is -0.361 e. The van der Waals surface area contributed by atoms with Gasteiger partial charge in [-0.2, -0.15) is 5.10 Å². The van der Waals surface area contributed by atoms with Gasteiger partial charge in [-0.3, -0.25) is 19.2 Å². The second-order valence-electron chi connectivity index (χ2n) is 7.68. The molecule has 0 spiro atoms. The number of Topliss-reactive ketones (excluding diaryl/α,β-unsaturated/α-hetero) is 1. The van der Waals surface area contributed by atoms with Gasteiger partial charge in [-0.15, -0.1) is 0 Å². The number of hydrazone groups is 1. The molecule has 0 fully saturated rings. The van der Waals surface area contributed by atoms with Gasteiger partial charge in [0.15, 0.2) is 0 Å². The van der Waals surface area contributed by atoms with Crippen molar-refractivity contribution in [2.75, 3.05) is 5.32 Å². The Kier molecular flexibility index (Phi) is 8.03. The van der Waals surface area contributed by atoms with Crippen LogP contribution in [-0.4, -0.2) is 29.2 Å². The van der Waals surface area contributed by atoms with Crippen LogP contribution in [0.3, 0.4) is 0 Å². The van der Waals surface area contributed by atoms with Crippen LogP contribution in [0.2, 0.25) is 0 Å². The first-order valence-electron chi connectivity index (χ1n) is 8.95. The fraction of sp³-hybridized carbons (Fsp3) is 0.450. The van der Waals surface area contributed by atoms with Crippen LogP contribution in [0.15, 0.2) is 23.3 Å². The summed E-state index contributed by atoms with van der Waals surface area (Å²) in [7, 11) is 0. The predicted molar refractivity (Wildman–Crippen MR) is 108 cm³/mol. The highest BCUT2D eigenvalue weighted by Crippen LogP contribution is 2.18. The van der Waals surface area contributed by atoms with Crippen molar-refractivity contribution in [2.45, 2.75) is 53.9 Å². The monoisotopic (exact) mass is 388 g/mol. The average molecular weight is 388 g/mol. The van der Waals surface area contributed by atoms with E-state index in [0.717, 1.165) is 11.1 Å². The van der Waals surface area contributed by atoms with Gasteiger partial charge in [0.2, 0.25) is 5.91 Å². The van der Waals surface area contributed by atoms with Crippen LogP contribution in [0.25, 0.3) is 0 Å². The molecule has 0 saturated carbocycles. The number of nitrogens with zero attached hydrogens (tertiary/aromatic N) is 1. The first-order valence-corrected chi connectivity index (χ1v) is 8.95. The lowest BCUT2D eigenvalue weighted by molar-refractivity contribution is -0.137. The number of rotatable bonds is 7. The lowest BCUT2D eigenvalue weighted by atomic mass is 9.87. The number of primary amides is 1. The highest BCUT2D eigenvalue weighted by molar-refractivity contribution is 6.34. The number of amides is 3. The third kappa shape index (κ3) is 7.69. The molecule has 8 nitrogen and oxygen atoms in total. The topological polar surface area (TPSA) is 131 Å². The molecule has 1 aromatic rings. The van der Waals surface area contributed by atoms with E-state index in [1.54, 1.807) is 20.8 Å². The number of anilines is 1. The Morgan fingerprint density at radius 3 is 2.21 bits per heavy atom. The maximum atomic E-state index is 12.3. The largest absolute Gasteiger partial charge is 0.361 e. The Hall–Kier alpha value is -3.03. The molecular weight excluding hydrogens is 360 g/mol. The van der Waals surface area contributed by atoms with Crippen LogP contribution in [0.5, 0.6) is 0 Å². The maximum Gasteiger partial charge on any atom is 0.329 e. The van der Waals surface area contributed by atoms with Gasteiger partial charge >= 0.3 is 11.8 Å². The summed E-state index contributed by atoms with van der Waals surface area (Å²) in [6.45, 7) is 9.23. The lowest BCUT2D eigenvalue weighted by Crippen LogP contribution is -2.34. The van der Waals surface area contributed by atoms with Crippen LogP contribution in [0, 0.1) is 19.3 Å². The molecule has 0 heterocycles. The van der Waals surface area contributed by atoms with Crippen molar-refractivity contribution < 1.29 is 19.2 Å². The molecule has 4 N–H and O–H groups in total. The van der Waals surface area contributed by atoms with Gasteiger partial charge in [-0.05, 0) is 43.5 Å². The number of carbonyl (C=O) groups is 4. The molecule has 8 heteroatoms. The summed E-state index contributed by atoms with van der Waals surface area (Å²) in [5, 5.41) is 6.61. The minimum atomic E-state index is -1.18. The summed E-state index contributed by atoms with van der Waals surface area (Å²) in [4.78, 5) is 46.6. The number of aryl methyl sites for hydroxylation is 2. The van der Waals surface area contributed by atoms with E-state index in [2.05, 4.69) is 10.4 Å². The normalized spacial score (nSPS) is 11.7. The van der Waals surface area contributed by atoms with Crippen molar-refractivity contribution in [1.29, 1.82) is 0 Å². The van der Waals surface area contributed by atoms with E-state index in [9.17, 15) is 19.2 Å². The number of nitrogens with one attached hydrogen (secondary N) is 2. The van der Waals surface area contributed by atoms with E-state index in [4.69, 9.17) is 5.73 Å². The zero-order valence-electron chi connectivity index (χ0n) is 17.0. The average Bonchev–Trinajstić information content (AvgIpc) is 2.59. The van der Waals surface area contributed by atoms with Crippen LogP contribution >= 0.6 is 0 Å². The van der Waals surface area contributed by atoms with Gasteiger partial charge in [0, 0.05) is 29.7 Å². The molecule has 0 radical (unpaired) electrons. The lowest BCUT2D eigenvalue weighted by Gasteiger charge is -2.17. The van der Waals surface area contributed by atoms with Gasteiger partial charge in [-0.25, -0.2) is 5.43 Å². The van der Waals surface area contributed by atoms with E-state index in [0.29, 0.717) is 11.4 Å². The fourth-order valence-corrected chi connectivity index (χ4v) is 2.12. The van der Waals surface area contributed by atoms with Crippen molar-refractivity contribution >= 4 is 34.9 Å². The number of hydrogen-bond donors (Lipinski definition) is 3. The summed E-state index contributed by atoms with van der Waals surface area (Å²) in [6.07, 6.45) is 0.173. The van der Waals surface area contributed by atoms with Gasteiger partial charge in [0.05, 0.1) is 0 Å². The summed E-state index contributed by atoms with van der Waals surface area (Å²) in [5.41, 5.74) is 9.45. The fourth-order valence-electron chi connectivity index (χ4n) is 2.12. The van der Waals surface area contributed by atoms with Crippen molar-refractivity contribution in [1.82, 2.24) is 5.43 Å². The molecule has 3 amide bonds. The molecule has 1 aromatic carbocycles. The molecule has 0 aliphatic rings. The van der Waals surface area contributed by atoms with E-state index < -0.39 is 17.2 Å². The molecule has 0 unspecified atom stereocenters. The zero-order valence-corrected chi connectivity index (χ0v) is 17.0. The van der Waals surface area contributed by atoms with Gasteiger partial charge < -0.3 is 11.1 Å². The van der Waals surface area contributed by atoms with E-state index in [-0.39, 0.29) is 31.0 Å². The van der Waals surface area contributed by atoms with Crippen molar-refractivity contribution in [3.63, 3.8) is 0 Å². The van der Waals surface area contributed by atoms with Crippen LogP contribution < -0.4 is 16.5 Å². The molecular formula is C20H28N4O4. The first kappa shape index (κ1) is 23.0. The highest BCUT2D eigenvalue weighted by Gasteiger charge is 2.23. The molecule has 0 aliphatic carbocycles. The summed E-state index contributed by atoms with van der Waals surface area (Å²) < 4.78 is 0. The molecule has 0 bridgehead atoms. The molecule has 0 atom stereocenters. The summed E-state index contributed by atoms with van der Waals surface area (Å²) in [6, 6.07) is 5.60. The Labute approximate surface area is 164 Å². The molecule has 0 saturated heterocycles. The molecule has 152 valence electrons. The van der Waals surface area contributed by atoms with E-state index in [1.165, 1.54) is 0 Å². The number of carbonyl (C=O) groups excluding carboxylic acids is 4. The number of hydrogen-bond acceptors (Lipinski definition) is 5. The summed E-state index contributed by atoms with van der Waals surface area (Å²) in [5.74, 6) is -2.62. The van der Waals surface area contributed by atoms with Crippen molar-refractivity contribution in [2.24, 2.45) is 16.3 Å². The van der Waals surface area contributed by atoms with E-state index >= 15 is 0 Å².